The average Bonchev–Trinajstić information content (AvgIpc) is 2.56. The first-order chi connectivity index (χ1) is 7.66. The second-order valence-electron chi connectivity index (χ2n) is 4.39. The molecule has 0 amide bonds. The Morgan fingerprint density at radius 1 is 1.44 bits per heavy atom. The summed E-state index contributed by atoms with van der Waals surface area (Å²) in [6.45, 7) is 2.40. The van der Waals surface area contributed by atoms with Crippen LogP contribution in [-0.2, 0) is 19.1 Å². The number of allylic oxidation sites excluding steroid dienone is 1. The molecule has 2 aliphatic rings. The molecule has 0 N–H and O–H groups in total. The zero-order valence-corrected chi connectivity index (χ0v) is 9.40. The number of hydrogen-bond donors (Lipinski definition) is 0. The molecular formula is C12H16O4. The highest BCUT2D eigenvalue weighted by atomic mass is 16.5. The molecule has 0 saturated carbocycles. The summed E-state index contributed by atoms with van der Waals surface area (Å²) < 4.78 is 9.99. The summed E-state index contributed by atoms with van der Waals surface area (Å²) in [5, 5.41) is 0. The fourth-order valence-corrected chi connectivity index (χ4v) is 2.10. The van der Waals surface area contributed by atoms with E-state index in [4.69, 9.17) is 9.47 Å². The van der Waals surface area contributed by atoms with E-state index in [0.29, 0.717) is 25.0 Å². The second-order valence-corrected chi connectivity index (χ2v) is 4.39. The summed E-state index contributed by atoms with van der Waals surface area (Å²) in [6, 6.07) is 0. The summed E-state index contributed by atoms with van der Waals surface area (Å²) in [4.78, 5) is 22.7. The molecule has 0 bridgehead atoms. The predicted octanol–water partition coefficient (Wildman–Crippen LogP) is 1.59. The lowest BCUT2D eigenvalue weighted by atomic mass is 9.96. The zero-order valence-electron chi connectivity index (χ0n) is 9.40. The maximum atomic E-state index is 11.4. The molecular weight excluding hydrogens is 208 g/mol. The van der Waals surface area contributed by atoms with E-state index >= 15 is 0 Å². The lowest BCUT2D eigenvalue weighted by Gasteiger charge is -2.19. The van der Waals surface area contributed by atoms with Crippen LogP contribution in [0.25, 0.3) is 0 Å². The molecule has 4 nitrogen and oxygen atoms in total. The van der Waals surface area contributed by atoms with E-state index in [1.165, 1.54) is 0 Å². The lowest BCUT2D eigenvalue weighted by Crippen LogP contribution is -2.23. The maximum Gasteiger partial charge on any atom is 0.334 e. The first-order valence-electron chi connectivity index (χ1n) is 5.73. The van der Waals surface area contributed by atoms with Gasteiger partial charge >= 0.3 is 11.9 Å². The first-order valence-corrected chi connectivity index (χ1v) is 5.73. The minimum Gasteiger partial charge on any atom is -0.465 e. The van der Waals surface area contributed by atoms with Crippen LogP contribution >= 0.6 is 0 Å². The smallest absolute Gasteiger partial charge is 0.334 e. The Balaban J connectivity index is 1.92. The number of ether oxygens (including phenoxy) is 2. The maximum absolute atomic E-state index is 11.4. The van der Waals surface area contributed by atoms with Gasteiger partial charge in [0.1, 0.15) is 6.10 Å². The van der Waals surface area contributed by atoms with Crippen molar-refractivity contribution in [2.45, 2.75) is 38.7 Å². The van der Waals surface area contributed by atoms with Crippen LogP contribution in [0.5, 0.6) is 0 Å². The number of hydrogen-bond acceptors (Lipinski definition) is 4. The Morgan fingerprint density at radius 2 is 2.25 bits per heavy atom. The van der Waals surface area contributed by atoms with Crippen molar-refractivity contribution in [3.8, 4) is 0 Å². The summed E-state index contributed by atoms with van der Waals surface area (Å²) in [5.74, 6) is -0.454. The van der Waals surface area contributed by atoms with Crippen LogP contribution in [0.15, 0.2) is 11.6 Å². The number of rotatable bonds is 2. The van der Waals surface area contributed by atoms with E-state index in [1.807, 2.05) is 13.0 Å². The van der Waals surface area contributed by atoms with Crippen molar-refractivity contribution < 1.29 is 19.1 Å². The monoisotopic (exact) mass is 224 g/mol. The van der Waals surface area contributed by atoms with Crippen LogP contribution in [0.1, 0.15) is 32.6 Å². The second kappa shape index (κ2) is 4.68. The van der Waals surface area contributed by atoms with Gasteiger partial charge in [-0.3, -0.25) is 4.79 Å². The molecule has 4 heteroatoms. The number of carbonyl (C=O) groups is 2. The lowest BCUT2D eigenvalue weighted by molar-refractivity contribution is -0.152. The Bertz CT molecular complexity index is 332. The largest absolute Gasteiger partial charge is 0.465 e. The van der Waals surface area contributed by atoms with Gasteiger partial charge in [-0.1, -0.05) is 6.08 Å². The Hall–Kier alpha value is -1.32. The zero-order chi connectivity index (χ0) is 11.5. The third-order valence-electron chi connectivity index (χ3n) is 3.00. The SMILES string of the molecule is C[C@H]1C/C(=C\C[C@H]2CCCOC2=O)C(=O)O1. The van der Waals surface area contributed by atoms with Crippen molar-refractivity contribution in [3.05, 3.63) is 11.6 Å². The molecule has 88 valence electrons. The summed E-state index contributed by atoms with van der Waals surface area (Å²) in [7, 11) is 0. The van der Waals surface area contributed by atoms with Crippen molar-refractivity contribution >= 4 is 11.9 Å². The van der Waals surface area contributed by atoms with E-state index in [-0.39, 0.29) is 24.0 Å². The van der Waals surface area contributed by atoms with E-state index in [2.05, 4.69) is 0 Å². The van der Waals surface area contributed by atoms with Gasteiger partial charge in [-0.2, -0.15) is 0 Å². The van der Waals surface area contributed by atoms with E-state index in [9.17, 15) is 9.59 Å². The third kappa shape index (κ3) is 2.43. The molecule has 16 heavy (non-hydrogen) atoms. The van der Waals surface area contributed by atoms with Gasteiger partial charge in [0.05, 0.1) is 12.5 Å². The summed E-state index contributed by atoms with van der Waals surface area (Å²) in [5.41, 5.74) is 0.700. The van der Waals surface area contributed by atoms with Gasteiger partial charge in [-0.15, -0.1) is 0 Å². The molecule has 0 spiro atoms. The molecule has 2 rings (SSSR count). The van der Waals surface area contributed by atoms with Gasteiger partial charge < -0.3 is 9.47 Å². The molecule has 2 fully saturated rings. The van der Waals surface area contributed by atoms with E-state index in [1.54, 1.807) is 0 Å². The molecule has 2 saturated heterocycles. The molecule has 0 radical (unpaired) electrons. The van der Waals surface area contributed by atoms with Gasteiger partial charge in [-0.05, 0) is 26.2 Å². The molecule has 0 aromatic heterocycles. The quantitative estimate of drug-likeness (QED) is 0.528. The highest BCUT2D eigenvalue weighted by Crippen LogP contribution is 2.24. The molecule has 2 heterocycles. The van der Waals surface area contributed by atoms with Gasteiger partial charge in [0.25, 0.3) is 0 Å². The Kier molecular flexibility index (Phi) is 3.27. The molecule has 0 unspecified atom stereocenters. The first kappa shape index (κ1) is 11.2. The third-order valence-corrected chi connectivity index (χ3v) is 3.00. The molecule has 0 aromatic carbocycles. The van der Waals surface area contributed by atoms with E-state index < -0.39 is 0 Å². The van der Waals surface area contributed by atoms with Crippen molar-refractivity contribution in [2.75, 3.05) is 6.61 Å². The molecule has 0 aromatic rings. The van der Waals surface area contributed by atoms with Crippen LogP contribution in [-0.4, -0.2) is 24.6 Å². The number of carbonyl (C=O) groups excluding carboxylic acids is 2. The standard InChI is InChI=1S/C12H16O4/c1-8-7-10(12(14)16-8)5-4-9-3-2-6-15-11(9)13/h5,8-9H,2-4,6-7H2,1H3/b10-5+/t8-,9+/m0/s1. The fraction of sp³-hybridized carbons (Fsp3) is 0.667. The Morgan fingerprint density at radius 3 is 2.88 bits per heavy atom. The van der Waals surface area contributed by atoms with Crippen molar-refractivity contribution in [1.29, 1.82) is 0 Å². The average molecular weight is 224 g/mol. The van der Waals surface area contributed by atoms with Gasteiger partial charge in [0.2, 0.25) is 0 Å². The van der Waals surface area contributed by atoms with Crippen LogP contribution < -0.4 is 0 Å². The topological polar surface area (TPSA) is 52.6 Å². The minimum atomic E-state index is -0.239. The molecule has 2 atom stereocenters. The van der Waals surface area contributed by atoms with Crippen molar-refractivity contribution in [1.82, 2.24) is 0 Å². The van der Waals surface area contributed by atoms with E-state index in [0.717, 1.165) is 12.8 Å². The number of cyclic esters (lactones) is 2. The van der Waals surface area contributed by atoms with Crippen LogP contribution in [0.2, 0.25) is 0 Å². The van der Waals surface area contributed by atoms with Crippen LogP contribution in [0.4, 0.5) is 0 Å². The highest BCUT2D eigenvalue weighted by Gasteiger charge is 2.27. The molecule has 0 aliphatic carbocycles. The van der Waals surface area contributed by atoms with Gasteiger partial charge in [0.15, 0.2) is 0 Å². The number of esters is 2. The summed E-state index contributed by atoms with van der Waals surface area (Å²) >= 11 is 0. The van der Waals surface area contributed by atoms with Crippen molar-refractivity contribution in [3.63, 3.8) is 0 Å². The minimum absolute atomic E-state index is 0.0305. The van der Waals surface area contributed by atoms with Crippen LogP contribution in [0.3, 0.4) is 0 Å². The predicted molar refractivity (Wildman–Crippen MR) is 56.6 cm³/mol. The highest BCUT2D eigenvalue weighted by molar-refractivity contribution is 5.90. The van der Waals surface area contributed by atoms with Crippen LogP contribution in [0, 0.1) is 5.92 Å². The van der Waals surface area contributed by atoms with Crippen molar-refractivity contribution in [2.24, 2.45) is 5.92 Å². The van der Waals surface area contributed by atoms with Gasteiger partial charge in [0, 0.05) is 12.0 Å². The van der Waals surface area contributed by atoms with Gasteiger partial charge in [-0.25, -0.2) is 4.79 Å². The fourth-order valence-electron chi connectivity index (χ4n) is 2.10. The Labute approximate surface area is 94.6 Å². The normalized spacial score (nSPS) is 32.7. The summed E-state index contributed by atoms with van der Waals surface area (Å²) in [6.07, 6.45) is 4.82. The molecule has 2 aliphatic heterocycles.